The number of rotatable bonds is 8. The Labute approximate surface area is 210 Å². The molecule has 5 aromatic rings. The molecule has 0 saturated carbocycles. The maximum absolute atomic E-state index is 12.9. The summed E-state index contributed by atoms with van der Waals surface area (Å²) in [5.74, 6) is 0.656. The number of carbonyl (C=O) groups excluding carboxylic acids is 1. The standard InChI is InChI=1S/C26H23N5O2S2/c1-33-22-6-3-2-5-17(22)12-13-31-16-21(29-30-31)24-10-11-25(35-24)26(32)28-20-15-18(8-9-19(20)27)23-7-4-14-34-23/h2-11,14-16H,12-13,27H2,1H3,(H,28,32). The molecule has 7 nitrogen and oxygen atoms in total. The van der Waals surface area contributed by atoms with Crippen LogP contribution in [0.4, 0.5) is 11.4 Å². The van der Waals surface area contributed by atoms with Gasteiger partial charge in [-0.05, 0) is 59.3 Å². The van der Waals surface area contributed by atoms with Crippen LogP contribution in [0.15, 0.2) is 78.3 Å². The number of thiophene rings is 2. The molecule has 0 unspecified atom stereocenters. The van der Waals surface area contributed by atoms with Gasteiger partial charge in [0.1, 0.15) is 11.4 Å². The van der Waals surface area contributed by atoms with E-state index in [9.17, 15) is 4.79 Å². The van der Waals surface area contributed by atoms with E-state index in [4.69, 9.17) is 10.5 Å². The van der Waals surface area contributed by atoms with Crippen molar-refractivity contribution in [2.45, 2.75) is 13.0 Å². The topological polar surface area (TPSA) is 95.1 Å². The van der Waals surface area contributed by atoms with Gasteiger partial charge in [-0.25, -0.2) is 0 Å². The summed E-state index contributed by atoms with van der Waals surface area (Å²) in [5, 5.41) is 13.5. The number of para-hydroxylation sites is 1. The number of hydrogen-bond acceptors (Lipinski definition) is 7. The molecule has 176 valence electrons. The summed E-state index contributed by atoms with van der Waals surface area (Å²) in [5.41, 5.74) is 10.1. The molecule has 0 aliphatic rings. The van der Waals surface area contributed by atoms with E-state index in [1.54, 1.807) is 29.2 Å². The predicted molar refractivity (Wildman–Crippen MR) is 142 cm³/mol. The molecular weight excluding hydrogens is 478 g/mol. The molecule has 0 saturated heterocycles. The number of ether oxygens (including phenoxy) is 1. The van der Waals surface area contributed by atoms with Gasteiger partial charge in [0.25, 0.3) is 5.91 Å². The van der Waals surface area contributed by atoms with Crippen molar-refractivity contribution in [3.8, 4) is 26.8 Å². The Balaban J connectivity index is 1.26. The first-order valence-electron chi connectivity index (χ1n) is 11.0. The lowest BCUT2D eigenvalue weighted by Crippen LogP contribution is -2.11. The molecule has 3 aromatic heterocycles. The van der Waals surface area contributed by atoms with Gasteiger partial charge in [-0.3, -0.25) is 9.48 Å². The Hall–Kier alpha value is -3.95. The Kier molecular flexibility index (Phi) is 6.60. The van der Waals surface area contributed by atoms with E-state index in [2.05, 4.69) is 15.6 Å². The summed E-state index contributed by atoms with van der Waals surface area (Å²) in [6.07, 6.45) is 2.67. The summed E-state index contributed by atoms with van der Waals surface area (Å²) in [6, 6.07) is 21.3. The number of amides is 1. The third-order valence-electron chi connectivity index (χ3n) is 5.53. The predicted octanol–water partition coefficient (Wildman–Crippen LogP) is 5.82. The van der Waals surface area contributed by atoms with Crippen LogP contribution in [0.2, 0.25) is 0 Å². The van der Waals surface area contributed by atoms with E-state index in [0.717, 1.165) is 38.7 Å². The molecule has 3 N–H and O–H groups in total. The molecule has 0 aliphatic carbocycles. The second kappa shape index (κ2) is 10.1. The zero-order chi connectivity index (χ0) is 24.2. The van der Waals surface area contributed by atoms with Crippen LogP contribution >= 0.6 is 22.7 Å². The number of benzene rings is 2. The SMILES string of the molecule is COc1ccccc1CCn1cc(-c2ccc(C(=O)Nc3cc(-c4cccs4)ccc3N)s2)nn1. The lowest BCUT2D eigenvalue weighted by atomic mass is 10.1. The van der Waals surface area contributed by atoms with Gasteiger partial charge in [-0.15, -0.1) is 27.8 Å². The van der Waals surface area contributed by atoms with E-state index in [1.807, 2.05) is 72.2 Å². The molecule has 1 amide bonds. The van der Waals surface area contributed by atoms with E-state index in [1.165, 1.54) is 11.3 Å². The maximum atomic E-state index is 12.9. The first-order chi connectivity index (χ1) is 17.1. The molecule has 0 spiro atoms. The zero-order valence-corrected chi connectivity index (χ0v) is 20.6. The minimum Gasteiger partial charge on any atom is -0.496 e. The highest BCUT2D eigenvalue weighted by Gasteiger charge is 2.15. The lowest BCUT2D eigenvalue weighted by Gasteiger charge is -2.09. The molecule has 0 aliphatic heterocycles. The van der Waals surface area contributed by atoms with E-state index < -0.39 is 0 Å². The first-order valence-corrected chi connectivity index (χ1v) is 12.7. The van der Waals surface area contributed by atoms with E-state index >= 15 is 0 Å². The Morgan fingerprint density at radius 3 is 2.80 bits per heavy atom. The molecule has 0 radical (unpaired) electrons. The van der Waals surface area contributed by atoms with Crippen molar-refractivity contribution < 1.29 is 9.53 Å². The van der Waals surface area contributed by atoms with E-state index in [-0.39, 0.29) is 5.91 Å². The number of hydrogen-bond donors (Lipinski definition) is 2. The Morgan fingerprint density at radius 2 is 1.97 bits per heavy atom. The number of nitrogens with two attached hydrogens (primary N) is 1. The fourth-order valence-corrected chi connectivity index (χ4v) is 5.28. The second-order valence-electron chi connectivity index (χ2n) is 7.83. The van der Waals surface area contributed by atoms with Gasteiger partial charge in [-0.2, -0.15) is 0 Å². The van der Waals surface area contributed by atoms with Crippen LogP contribution < -0.4 is 15.8 Å². The van der Waals surface area contributed by atoms with Crippen LogP contribution in [0.25, 0.3) is 21.0 Å². The van der Waals surface area contributed by atoms with Crippen molar-refractivity contribution in [2.24, 2.45) is 0 Å². The van der Waals surface area contributed by atoms with Gasteiger partial charge in [0.15, 0.2) is 0 Å². The molecule has 2 aromatic carbocycles. The van der Waals surface area contributed by atoms with Crippen LogP contribution in [-0.2, 0) is 13.0 Å². The number of nitrogens with zero attached hydrogens (tertiary/aromatic N) is 3. The summed E-state index contributed by atoms with van der Waals surface area (Å²) in [7, 11) is 1.67. The summed E-state index contributed by atoms with van der Waals surface area (Å²) >= 11 is 3.01. The van der Waals surface area contributed by atoms with Crippen LogP contribution in [0.1, 0.15) is 15.2 Å². The highest BCUT2D eigenvalue weighted by Crippen LogP contribution is 2.32. The van der Waals surface area contributed by atoms with Gasteiger partial charge in [0.2, 0.25) is 0 Å². The molecule has 9 heteroatoms. The molecule has 0 fully saturated rings. The quantitative estimate of drug-likeness (QED) is 0.261. The van der Waals surface area contributed by atoms with Gasteiger partial charge >= 0.3 is 0 Å². The second-order valence-corrected chi connectivity index (χ2v) is 9.86. The third kappa shape index (κ3) is 5.11. The van der Waals surface area contributed by atoms with Crippen LogP contribution in [0.5, 0.6) is 5.75 Å². The van der Waals surface area contributed by atoms with Gasteiger partial charge in [-0.1, -0.05) is 35.5 Å². The highest BCUT2D eigenvalue weighted by atomic mass is 32.1. The molecule has 0 atom stereocenters. The van der Waals surface area contributed by atoms with Gasteiger partial charge in [0, 0.05) is 11.4 Å². The van der Waals surface area contributed by atoms with E-state index in [0.29, 0.717) is 22.8 Å². The van der Waals surface area contributed by atoms with Crippen molar-refractivity contribution in [2.75, 3.05) is 18.2 Å². The number of aryl methyl sites for hydroxylation is 2. The largest absolute Gasteiger partial charge is 0.496 e. The fourth-order valence-electron chi connectivity index (χ4n) is 3.71. The Morgan fingerprint density at radius 1 is 1.09 bits per heavy atom. The normalized spacial score (nSPS) is 10.9. The minimum absolute atomic E-state index is 0.208. The molecule has 3 heterocycles. The average molecular weight is 502 g/mol. The average Bonchev–Trinajstić information content (AvgIpc) is 3.66. The Bertz CT molecular complexity index is 1460. The smallest absolute Gasteiger partial charge is 0.265 e. The summed E-state index contributed by atoms with van der Waals surface area (Å²) in [6.45, 7) is 0.673. The number of anilines is 2. The highest BCUT2D eigenvalue weighted by molar-refractivity contribution is 7.17. The van der Waals surface area contributed by atoms with Crippen molar-refractivity contribution in [1.82, 2.24) is 15.0 Å². The molecule has 35 heavy (non-hydrogen) atoms. The summed E-state index contributed by atoms with van der Waals surface area (Å²) in [4.78, 5) is 15.5. The third-order valence-corrected chi connectivity index (χ3v) is 7.56. The van der Waals surface area contributed by atoms with Crippen molar-refractivity contribution in [1.29, 1.82) is 0 Å². The monoisotopic (exact) mass is 501 g/mol. The zero-order valence-electron chi connectivity index (χ0n) is 19.0. The van der Waals surface area contributed by atoms with Crippen LogP contribution in [-0.4, -0.2) is 28.0 Å². The maximum Gasteiger partial charge on any atom is 0.265 e. The van der Waals surface area contributed by atoms with Gasteiger partial charge in [0.05, 0.1) is 34.4 Å². The molecule has 5 rings (SSSR count). The number of nitrogen functional groups attached to an aromatic ring is 1. The fraction of sp³-hybridized carbons (Fsp3) is 0.115. The minimum atomic E-state index is -0.208. The summed E-state index contributed by atoms with van der Waals surface area (Å²) < 4.78 is 7.22. The number of aromatic nitrogens is 3. The van der Waals surface area contributed by atoms with Crippen LogP contribution in [0, 0.1) is 0 Å². The number of carbonyl (C=O) groups is 1. The van der Waals surface area contributed by atoms with Crippen LogP contribution in [0.3, 0.4) is 0 Å². The lowest BCUT2D eigenvalue weighted by molar-refractivity contribution is 0.103. The number of methoxy groups -OCH3 is 1. The van der Waals surface area contributed by atoms with Crippen molar-refractivity contribution >= 4 is 40.0 Å². The van der Waals surface area contributed by atoms with Crippen molar-refractivity contribution in [3.63, 3.8) is 0 Å². The van der Waals surface area contributed by atoms with Gasteiger partial charge < -0.3 is 15.8 Å². The first kappa shape index (κ1) is 22.8. The number of nitrogens with one attached hydrogen (secondary N) is 1. The van der Waals surface area contributed by atoms with Crippen molar-refractivity contribution in [3.05, 3.63) is 88.7 Å². The molecular formula is C26H23N5O2S2. The molecule has 0 bridgehead atoms.